The lowest BCUT2D eigenvalue weighted by Crippen LogP contribution is -2.38. The number of Topliss-reactive ketones (excluding diaryl/α,β-unsaturated/α-hetero) is 4. The first-order chi connectivity index (χ1) is 14.4. The fourth-order valence-corrected chi connectivity index (χ4v) is 4.16. The predicted molar refractivity (Wildman–Crippen MR) is 117 cm³/mol. The molecule has 2 aliphatic rings. The predicted octanol–water partition coefficient (Wildman–Crippen LogP) is 3.95. The summed E-state index contributed by atoms with van der Waals surface area (Å²) in [6, 6.07) is 4.45. The van der Waals surface area contributed by atoms with E-state index in [1.165, 1.54) is 24.6 Å². The molecule has 7 nitrogen and oxygen atoms in total. The standard InChI is InChI=1S/C24H28N2O5/c1-23(2)8-19(28)15(20(29)9-23)12-25-14-5-6-17(18(27)7-14)26-13-16-21(30)10-24(3,4)11-22(16)31/h5-7,12-13,15-16,27H,8-11H2,1-4H3. The van der Waals surface area contributed by atoms with Crippen LogP contribution >= 0.6 is 0 Å². The number of hydrogen-bond acceptors (Lipinski definition) is 7. The fraction of sp³-hybridized carbons (Fsp3) is 0.500. The van der Waals surface area contributed by atoms with Gasteiger partial charge in [-0.15, -0.1) is 0 Å². The van der Waals surface area contributed by atoms with E-state index in [0.29, 0.717) is 31.4 Å². The minimum Gasteiger partial charge on any atom is -0.506 e. The van der Waals surface area contributed by atoms with Crippen molar-refractivity contribution in [3.05, 3.63) is 18.2 Å². The molecule has 2 aliphatic carbocycles. The van der Waals surface area contributed by atoms with Gasteiger partial charge in [0.05, 0.1) is 5.69 Å². The first-order valence-corrected chi connectivity index (χ1v) is 10.4. The van der Waals surface area contributed by atoms with Crippen molar-refractivity contribution in [3.63, 3.8) is 0 Å². The highest BCUT2D eigenvalue weighted by molar-refractivity contribution is 6.17. The molecule has 1 N–H and O–H groups in total. The number of nitrogens with zero attached hydrogens (tertiary/aromatic N) is 2. The molecule has 0 bridgehead atoms. The summed E-state index contributed by atoms with van der Waals surface area (Å²) < 4.78 is 0. The van der Waals surface area contributed by atoms with E-state index in [0.717, 1.165) is 0 Å². The lowest BCUT2D eigenvalue weighted by atomic mass is 9.72. The van der Waals surface area contributed by atoms with Crippen LogP contribution in [0.25, 0.3) is 0 Å². The third-order valence-electron chi connectivity index (χ3n) is 5.69. The molecule has 0 amide bonds. The molecule has 0 spiro atoms. The van der Waals surface area contributed by atoms with E-state index < -0.39 is 11.8 Å². The van der Waals surface area contributed by atoms with Crippen molar-refractivity contribution < 1.29 is 24.3 Å². The van der Waals surface area contributed by atoms with Crippen molar-refractivity contribution in [1.29, 1.82) is 0 Å². The molecule has 0 heterocycles. The van der Waals surface area contributed by atoms with Gasteiger partial charge in [0, 0.05) is 44.2 Å². The summed E-state index contributed by atoms with van der Waals surface area (Å²) in [4.78, 5) is 57.3. The van der Waals surface area contributed by atoms with Crippen molar-refractivity contribution in [2.75, 3.05) is 0 Å². The van der Waals surface area contributed by atoms with Gasteiger partial charge in [0.1, 0.15) is 46.4 Å². The van der Waals surface area contributed by atoms with Crippen LogP contribution in [0.2, 0.25) is 0 Å². The van der Waals surface area contributed by atoms with Crippen LogP contribution in [0.3, 0.4) is 0 Å². The number of benzene rings is 1. The maximum atomic E-state index is 12.3. The average Bonchev–Trinajstić information content (AvgIpc) is 2.59. The molecule has 7 heteroatoms. The monoisotopic (exact) mass is 424 g/mol. The van der Waals surface area contributed by atoms with Gasteiger partial charge in [-0.1, -0.05) is 27.7 Å². The van der Waals surface area contributed by atoms with E-state index >= 15 is 0 Å². The van der Waals surface area contributed by atoms with E-state index in [1.807, 2.05) is 27.7 Å². The molecule has 2 saturated carbocycles. The van der Waals surface area contributed by atoms with Crippen LogP contribution in [0.15, 0.2) is 28.2 Å². The highest BCUT2D eigenvalue weighted by Crippen LogP contribution is 2.36. The van der Waals surface area contributed by atoms with Crippen LogP contribution in [0.5, 0.6) is 5.75 Å². The summed E-state index contributed by atoms with van der Waals surface area (Å²) in [6.45, 7) is 7.55. The van der Waals surface area contributed by atoms with Crippen LogP contribution in [0.4, 0.5) is 11.4 Å². The van der Waals surface area contributed by atoms with Crippen LogP contribution in [0, 0.1) is 22.7 Å². The average molecular weight is 424 g/mol. The van der Waals surface area contributed by atoms with Crippen molar-refractivity contribution in [1.82, 2.24) is 0 Å². The maximum absolute atomic E-state index is 12.3. The third-order valence-corrected chi connectivity index (χ3v) is 5.69. The number of aromatic hydroxyl groups is 1. The SMILES string of the molecule is CC1(C)CC(=O)C(C=Nc2ccc(N=CC3C(=O)CC(C)(C)CC3=O)c(O)c2)C(=O)C1. The van der Waals surface area contributed by atoms with Gasteiger partial charge >= 0.3 is 0 Å². The molecular formula is C24H28N2O5. The Hall–Kier alpha value is -2.96. The van der Waals surface area contributed by atoms with E-state index in [2.05, 4.69) is 9.98 Å². The number of phenols is 1. The molecular weight excluding hydrogens is 396 g/mol. The van der Waals surface area contributed by atoms with Crippen LogP contribution in [0.1, 0.15) is 53.4 Å². The molecule has 1 aromatic carbocycles. The smallest absolute Gasteiger partial charge is 0.149 e. The van der Waals surface area contributed by atoms with Crippen molar-refractivity contribution in [2.45, 2.75) is 53.4 Å². The van der Waals surface area contributed by atoms with Crippen molar-refractivity contribution in [2.24, 2.45) is 32.7 Å². The summed E-state index contributed by atoms with van der Waals surface area (Å²) in [5, 5.41) is 10.3. The van der Waals surface area contributed by atoms with E-state index in [9.17, 15) is 24.3 Å². The summed E-state index contributed by atoms with van der Waals surface area (Å²) in [6.07, 6.45) is 3.89. The molecule has 0 aromatic heterocycles. The third kappa shape index (κ3) is 5.40. The van der Waals surface area contributed by atoms with Crippen LogP contribution in [-0.4, -0.2) is 40.7 Å². The molecule has 3 rings (SSSR count). The number of carbonyl (C=O) groups is 4. The number of hydrogen-bond donors (Lipinski definition) is 1. The first kappa shape index (κ1) is 22.7. The summed E-state index contributed by atoms with van der Waals surface area (Å²) >= 11 is 0. The van der Waals surface area contributed by atoms with Gasteiger partial charge in [-0.2, -0.15) is 0 Å². The molecule has 31 heavy (non-hydrogen) atoms. The van der Waals surface area contributed by atoms with E-state index in [4.69, 9.17) is 0 Å². The zero-order valence-corrected chi connectivity index (χ0v) is 18.3. The Kier molecular flexibility index (Phi) is 6.07. The first-order valence-electron chi connectivity index (χ1n) is 10.4. The molecule has 0 saturated heterocycles. The van der Waals surface area contributed by atoms with Gasteiger partial charge in [-0.25, -0.2) is 0 Å². The van der Waals surface area contributed by atoms with E-state index in [-0.39, 0.29) is 45.4 Å². The fourth-order valence-electron chi connectivity index (χ4n) is 4.16. The minimum atomic E-state index is -0.891. The normalized spacial score (nSPS) is 22.7. The van der Waals surface area contributed by atoms with Gasteiger partial charge < -0.3 is 5.11 Å². The lowest BCUT2D eigenvalue weighted by Gasteiger charge is -2.30. The zero-order chi connectivity index (χ0) is 23.0. The second-order valence-electron chi connectivity index (χ2n) is 10.1. The number of phenolic OH excluding ortho intramolecular Hbond substituents is 1. The summed E-state index contributed by atoms with van der Waals surface area (Å²) in [7, 11) is 0. The largest absolute Gasteiger partial charge is 0.506 e. The Morgan fingerprint density at radius 3 is 1.61 bits per heavy atom. The Labute approximate surface area is 181 Å². The van der Waals surface area contributed by atoms with E-state index in [1.54, 1.807) is 6.07 Å². The molecule has 0 unspecified atom stereocenters. The zero-order valence-electron chi connectivity index (χ0n) is 18.3. The molecule has 2 fully saturated rings. The Morgan fingerprint density at radius 1 is 0.774 bits per heavy atom. The Morgan fingerprint density at radius 2 is 1.19 bits per heavy atom. The summed E-state index contributed by atoms with van der Waals surface area (Å²) in [5.41, 5.74) is -0.0888. The second-order valence-corrected chi connectivity index (χ2v) is 10.1. The number of ketones is 4. The number of carbonyl (C=O) groups excluding carboxylic acids is 4. The highest BCUT2D eigenvalue weighted by Gasteiger charge is 2.39. The summed E-state index contributed by atoms with van der Waals surface area (Å²) in [5.74, 6) is -2.57. The Bertz CT molecular complexity index is 963. The Balaban J connectivity index is 1.71. The number of aliphatic imine (C=N–C) groups is 2. The van der Waals surface area contributed by atoms with Crippen molar-refractivity contribution >= 4 is 46.9 Å². The number of rotatable bonds is 4. The highest BCUT2D eigenvalue weighted by atomic mass is 16.3. The topological polar surface area (TPSA) is 113 Å². The molecule has 0 atom stereocenters. The molecule has 1 aromatic rings. The lowest BCUT2D eigenvalue weighted by molar-refractivity contribution is -0.138. The van der Waals surface area contributed by atoms with Gasteiger partial charge in [0.25, 0.3) is 0 Å². The van der Waals surface area contributed by atoms with Gasteiger partial charge in [-0.05, 0) is 23.0 Å². The molecule has 0 radical (unpaired) electrons. The molecule has 164 valence electrons. The van der Waals surface area contributed by atoms with Gasteiger partial charge in [0.2, 0.25) is 0 Å². The quantitative estimate of drug-likeness (QED) is 0.581. The molecule has 0 aliphatic heterocycles. The van der Waals surface area contributed by atoms with Gasteiger partial charge in [-0.3, -0.25) is 29.2 Å². The van der Waals surface area contributed by atoms with Crippen LogP contribution < -0.4 is 0 Å². The van der Waals surface area contributed by atoms with Crippen LogP contribution in [-0.2, 0) is 19.2 Å². The minimum absolute atomic E-state index is 0.152. The maximum Gasteiger partial charge on any atom is 0.149 e. The van der Waals surface area contributed by atoms with Gasteiger partial charge in [0.15, 0.2) is 0 Å². The van der Waals surface area contributed by atoms with Crippen molar-refractivity contribution in [3.8, 4) is 5.75 Å². The second kappa shape index (κ2) is 8.29.